The van der Waals surface area contributed by atoms with Crippen LogP contribution in [0.15, 0.2) is 29.4 Å². The number of benzene rings is 1. The minimum absolute atomic E-state index is 0.479. The van der Waals surface area contributed by atoms with Crippen molar-refractivity contribution < 1.29 is 19.8 Å². The molecule has 1 heterocycles. The fraction of sp³-hybridized carbons (Fsp3) is 0.308. The van der Waals surface area contributed by atoms with Gasteiger partial charge in [0.25, 0.3) is 0 Å². The van der Waals surface area contributed by atoms with E-state index in [-0.39, 0.29) is 0 Å². The molecule has 0 saturated heterocycles. The van der Waals surface area contributed by atoms with Crippen LogP contribution in [0.5, 0.6) is 0 Å². The number of carboxylic acids is 2. The Balaban J connectivity index is 2.61. The first-order valence-electron chi connectivity index (χ1n) is 6.09. The molecule has 0 radical (unpaired) electrons. The smallest absolute Gasteiger partial charge is 0.327 e. The summed E-state index contributed by atoms with van der Waals surface area (Å²) in [7, 11) is 0. The Hall–Kier alpha value is -2.02. The largest absolute Gasteiger partial charge is 0.481 e. The van der Waals surface area contributed by atoms with Gasteiger partial charge in [-0.1, -0.05) is 30.8 Å². The fourth-order valence-electron chi connectivity index (χ4n) is 2.01. The molecule has 0 bridgehead atoms. The zero-order chi connectivity index (χ0) is 14.7. The normalized spacial score (nSPS) is 12.4. The van der Waals surface area contributed by atoms with Crippen molar-refractivity contribution in [3.63, 3.8) is 0 Å². The van der Waals surface area contributed by atoms with Crippen LogP contribution >= 0.6 is 11.8 Å². The molecule has 20 heavy (non-hydrogen) atoms. The molecular weight excluding hydrogens is 280 g/mol. The highest BCUT2D eigenvalue weighted by molar-refractivity contribution is 7.99. The lowest BCUT2D eigenvalue weighted by Crippen LogP contribution is -2.22. The van der Waals surface area contributed by atoms with Gasteiger partial charge in [0.1, 0.15) is 6.04 Å². The van der Waals surface area contributed by atoms with E-state index < -0.39 is 24.4 Å². The SMILES string of the molecule is CCSc1nc2ccccc2n1[C@@H](CC(=O)O)C(=O)O. The third-order valence-corrected chi connectivity index (χ3v) is 3.64. The van der Waals surface area contributed by atoms with Crippen LogP contribution in [-0.4, -0.2) is 37.5 Å². The molecule has 2 aromatic rings. The lowest BCUT2D eigenvalue weighted by molar-refractivity contribution is -0.147. The Bertz CT molecular complexity index is 653. The van der Waals surface area contributed by atoms with Crippen molar-refractivity contribution in [2.24, 2.45) is 0 Å². The van der Waals surface area contributed by atoms with Gasteiger partial charge in [0.05, 0.1) is 17.5 Å². The van der Waals surface area contributed by atoms with Gasteiger partial charge in [-0.15, -0.1) is 0 Å². The summed E-state index contributed by atoms with van der Waals surface area (Å²) in [4.78, 5) is 26.7. The summed E-state index contributed by atoms with van der Waals surface area (Å²) in [5.41, 5.74) is 1.30. The predicted octanol–water partition coefficient (Wildman–Crippen LogP) is 2.25. The number of rotatable bonds is 6. The molecule has 6 nitrogen and oxygen atoms in total. The highest BCUT2D eigenvalue weighted by Gasteiger charge is 2.27. The summed E-state index contributed by atoms with van der Waals surface area (Å²) < 4.78 is 1.50. The van der Waals surface area contributed by atoms with Gasteiger partial charge in [-0.25, -0.2) is 9.78 Å². The van der Waals surface area contributed by atoms with Crippen LogP contribution in [0, 0.1) is 0 Å². The van der Waals surface area contributed by atoms with Crippen LogP contribution in [0.4, 0.5) is 0 Å². The summed E-state index contributed by atoms with van der Waals surface area (Å²) in [5.74, 6) is -1.60. The third kappa shape index (κ3) is 2.77. The second-order valence-corrected chi connectivity index (χ2v) is 5.37. The number of hydrogen-bond acceptors (Lipinski definition) is 4. The minimum Gasteiger partial charge on any atom is -0.481 e. The monoisotopic (exact) mass is 294 g/mol. The van der Waals surface area contributed by atoms with E-state index in [2.05, 4.69) is 4.98 Å². The zero-order valence-corrected chi connectivity index (χ0v) is 11.6. The minimum atomic E-state index is -1.17. The van der Waals surface area contributed by atoms with E-state index in [1.807, 2.05) is 13.0 Å². The van der Waals surface area contributed by atoms with Crippen molar-refractivity contribution in [2.45, 2.75) is 24.5 Å². The van der Waals surface area contributed by atoms with Gasteiger partial charge in [0.15, 0.2) is 5.16 Å². The molecule has 1 aromatic heterocycles. The Morgan fingerprint density at radius 1 is 1.35 bits per heavy atom. The predicted molar refractivity (Wildman–Crippen MR) is 75.1 cm³/mol. The van der Waals surface area contributed by atoms with Crippen LogP contribution in [0.1, 0.15) is 19.4 Å². The number of aromatic nitrogens is 2. The van der Waals surface area contributed by atoms with E-state index in [0.29, 0.717) is 16.2 Å². The van der Waals surface area contributed by atoms with Gasteiger partial charge in [-0.3, -0.25) is 4.79 Å². The third-order valence-electron chi connectivity index (χ3n) is 2.80. The number of carbonyl (C=O) groups is 2. The first-order chi connectivity index (χ1) is 9.54. The lowest BCUT2D eigenvalue weighted by Gasteiger charge is -2.15. The number of imidazole rings is 1. The molecule has 0 saturated carbocycles. The van der Waals surface area contributed by atoms with Gasteiger partial charge < -0.3 is 14.8 Å². The molecule has 2 N–H and O–H groups in total. The molecule has 1 aromatic carbocycles. The molecule has 0 aliphatic heterocycles. The number of hydrogen-bond donors (Lipinski definition) is 2. The average Bonchev–Trinajstić information content (AvgIpc) is 2.74. The van der Waals surface area contributed by atoms with E-state index in [0.717, 1.165) is 5.75 Å². The highest BCUT2D eigenvalue weighted by Crippen LogP contribution is 2.29. The molecule has 0 unspecified atom stereocenters. The zero-order valence-electron chi connectivity index (χ0n) is 10.8. The topological polar surface area (TPSA) is 92.4 Å². The molecule has 1 atom stereocenters. The second kappa shape index (κ2) is 5.96. The molecule has 106 valence electrons. The van der Waals surface area contributed by atoms with Gasteiger partial charge in [0.2, 0.25) is 0 Å². The van der Waals surface area contributed by atoms with Crippen LogP contribution < -0.4 is 0 Å². The van der Waals surface area contributed by atoms with E-state index >= 15 is 0 Å². The van der Waals surface area contributed by atoms with Crippen molar-refractivity contribution in [1.29, 1.82) is 0 Å². The van der Waals surface area contributed by atoms with Crippen LogP contribution in [0.2, 0.25) is 0 Å². The molecule has 0 amide bonds. The van der Waals surface area contributed by atoms with E-state index in [9.17, 15) is 14.7 Å². The maximum atomic E-state index is 11.4. The first kappa shape index (κ1) is 14.4. The fourth-order valence-corrected chi connectivity index (χ4v) is 2.79. The maximum absolute atomic E-state index is 11.4. The lowest BCUT2D eigenvalue weighted by atomic mass is 10.2. The highest BCUT2D eigenvalue weighted by atomic mass is 32.2. The molecule has 0 aliphatic rings. The van der Waals surface area contributed by atoms with Crippen molar-refractivity contribution in [2.75, 3.05) is 5.75 Å². The number of carboxylic acid groups (broad SMARTS) is 2. The van der Waals surface area contributed by atoms with Crippen molar-refractivity contribution in [1.82, 2.24) is 9.55 Å². The Kier molecular flexibility index (Phi) is 4.29. The van der Waals surface area contributed by atoms with E-state index in [1.165, 1.54) is 16.3 Å². The molecular formula is C13H14N2O4S. The molecule has 2 rings (SSSR count). The quantitative estimate of drug-likeness (QED) is 0.794. The molecule has 0 aliphatic carbocycles. The summed E-state index contributed by atoms with van der Waals surface area (Å²) in [6.07, 6.45) is -0.479. The van der Waals surface area contributed by atoms with Crippen LogP contribution in [0.3, 0.4) is 0 Å². The van der Waals surface area contributed by atoms with E-state index in [1.54, 1.807) is 18.2 Å². The van der Waals surface area contributed by atoms with Gasteiger partial charge in [-0.05, 0) is 17.9 Å². The van der Waals surface area contributed by atoms with Crippen molar-refractivity contribution in [3.8, 4) is 0 Å². The number of thioether (sulfide) groups is 1. The maximum Gasteiger partial charge on any atom is 0.327 e. The van der Waals surface area contributed by atoms with Crippen molar-refractivity contribution >= 4 is 34.7 Å². The van der Waals surface area contributed by atoms with Crippen molar-refractivity contribution in [3.05, 3.63) is 24.3 Å². The van der Waals surface area contributed by atoms with Gasteiger partial charge in [-0.2, -0.15) is 0 Å². The Labute approximate surface area is 119 Å². The molecule has 7 heteroatoms. The second-order valence-electron chi connectivity index (χ2n) is 4.14. The Morgan fingerprint density at radius 2 is 2.05 bits per heavy atom. The summed E-state index contributed by atoms with van der Waals surface area (Å²) in [6.45, 7) is 1.93. The number of para-hydroxylation sites is 2. The molecule has 0 spiro atoms. The Morgan fingerprint density at radius 3 is 2.65 bits per heavy atom. The first-order valence-corrected chi connectivity index (χ1v) is 7.07. The summed E-state index contributed by atoms with van der Waals surface area (Å²) in [5, 5.41) is 18.8. The average molecular weight is 294 g/mol. The van der Waals surface area contributed by atoms with E-state index in [4.69, 9.17) is 5.11 Å². The number of fused-ring (bicyclic) bond motifs is 1. The van der Waals surface area contributed by atoms with Crippen LogP contribution in [0.25, 0.3) is 11.0 Å². The van der Waals surface area contributed by atoms with Gasteiger partial charge >= 0.3 is 11.9 Å². The standard InChI is InChI=1S/C13H14N2O4S/c1-2-20-13-14-8-5-3-4-6-9(8)15(13)10(12(18)19)7-11(16)17/h3-6,10H,2,7H2,1H3,(H,16,17)(H,18,19)/t10-/m0/s1. The number of nitrogens with zero attached hydrogens (tertiary/aromatic N) is 2. The summed E-state index contributed by atoms with van der Waals surface area (Å²) >= 11 is 1.40. The summed E-state index contributed by atoms with van der Waals surface area (Å²) in [6, 6.07) is 5.97. The van der Waals surface area contributed by atoms with Gasteiger partial charge in [0, 0.05) is 0 Å². The number of aliphatic carboxylic acids is 2. The molecule has 0 fully saturated rings. The van der Waals surface area contributed by atoms with Crippen LogP contribution in [-0.2, 0) is 9.59 Å².